The molecule has 1 saturated heterocycles. The van der Waals surface area contributed by atoms with E-state index in [0.29, 0.717) is 19.8 Å². The van der Waals surface area contributed by atoms with Crippen molar-refractivity contribution < 1.29 is 14.2 Å². The summed E-state index contributed by atoms with van der Waals surface area (Å²) in [5.41, 5.74) is 0.958. The molecule has 0 bridgehead atoms. The van der Waals surface area contributed by atoms with Gasteiger partial charge in [-0.2, -0.15) is 0 Å². The Kier molecular flexibility index (Phi) is 8.62. The molecule has 7 heteroatoms. The molecule has 3 rings (SSSR count). The van der Waals surface area contributed by atoms with Crippen molar-refractivity contribution >= 4 is 29.9 Å². The number of fused-ring (bicyclic) bond motifs is 1. The van der Waals surface area contributed by atoms with Gasteiger partial charge < -0.3 is 24.8 Å². The van der Waals surface area contributed by atoms with Crippen LogP contribution in [0.3, 0.4) is 0 Å². The van der Waals surface area contributed by atoms with Gasteiger partial charge in [0.15, 0.2) is 5.96 Å². The molecule has 0 saturated carbocycles. The summed E-state index contributed by atoms with van der Waals surface area (Å²) in [5, 5.41) is 6.86. The summed E-state index contributed by atoms with van der Waals surface area (Å²) in [6.07, 6.45) is 3.40. The Morgan fingerprint density at radius 2 is 2.15 bits per heavy atom. The molecule has 2 aliphatic heterocycles. The fourth-order valence-corrected chi connectivity index (χ4v) is 3.52. The maximum Gasteiger partial charge on any atom is 0.191 e. The minimum absolute atomic E-state index is 0. The van der Waals surface area contributed by atoms with Gasteiger partial charge in [0.1, 0.15) is 11.4 Å². The molecule has 2 heterocycles. The van der Waals surface area contributed by atoms with Crippen molar-refractivity contribution in [2.45, 2.75) is 50.9 Å². The number of benzene rings is 1. The standard InChI is InChI=1S/C20H31N3O3.HI/c1-20(2)13-17(16-8-4-5-9-18(16)26-20)23-19(21-3)22-10-12-24-14-15-7-6-11-25-15;/h4-5,8-9,15,17H,6-7,10-14H2,1-3H3,(H2,21,22,23);1H. The molecule has 0 amide bonds. The molecule has 2 aliphatic rings. The van der Waals surface area contributed by atoms with E-state index >= 15 is 0 Å². The highest BCUT2D eigenvalue weighted by Gasteiger charge is 2.33. The van der Waals surface area contributed by atoms with Gasteiger partial charge in [-0.15, -0.1) is 24.0 Å². The van der Waals surface area contributed by atoms with Gasteiger partial charge in [0, 0.05) is 32.2 Å². The highest BCUT2D eigenvalue weighted by atomic mass is 127. The summed E-state index contributed by atoms with van der Waals surface area (Å²) in [5.74, 6) is 1.72. The highest BCUT2D eigenvalue weighted by molar-refractivity contribution is 14.0. The summed E-state index contributed by atoms with van der Waals surface area (Å²) in [6.45, 7) is 7.12. The number of ether oxygens (including phenoxy) is 3. The van der Waals surface area contributed by atoms with E-state index in [9.17, 15) is 0 Å². The molecule has 27 heavy (non-hydrogen) atoms. The van der Waals surface area contributed by atoms with Crippen LogP contribution in [-0.2, 0) is 9.47 Å². The van der Waals surface area contributed by atoms with Crippen molar-refractivity contribution in [1.29, 1.82) is 0 Å². The van der Waals surface area contributed by atoms with Crippen molar-refractivity contribution in [1.82, 2.24) is 10.6 Å². The van der Waals surface area contributed by atoms with Crippen LogP contribution in [0.15, 0.2) is 29.3 Å². The van der Waals surface area contributed by atoms with Crippen LogP contribution in [-0.4, -0.2) is 51.1 Å². The number of hydrogen-bond acceptors (Lipinski definition) is 4. The predicted molar refractivity (Wildman–Crippen MR) is 118 cm³/mol. The molecule has 2 unspecified atom stereocenters. The van der Waals surface area contributed by atoms with Crippen molar-refractivity contribution in [2.75, 3.05) is 33.4 Å². The molecule has 2 N–H and O–H groups in total. The summed E-state index contributed by atoms with van der Waals surface area (Å²) in [7, 11) is 1.79. The van der Waals surface area contributed by atoms with E-state index in [4.69, 9.17) is 14.2 Å². The first-order valence-electron chi connectivity index (χ1n) is 9.52. The van der Waals surface area contributed by atoms with Gasteiger partial charge >= 0.3 is 0 Å². The second kappa shape index (κ2) is 10.5. The van der Waals surface area contributed by atoms with Gasteiger partial charge in [0.05, 0.1) is 25.4 Å². The molecule has 0 radical (unpaired) electrons. The normalized spacial score (nSPS) is 23.7. The zero-order valence-corrected chi connectivity index (χ0v) is 18.8. The van der Waals surface area contributed by atoms with Crippen LogP contribution in [0.25, 0.3) is 0 Å². The lowest BCUT2D eigenvalue weighted by Gasteiger charge is -2.38. The maximum absolute atomic E-state index is 6.09. The minimum Gasteiger partial charge on any atom is -0.487 e. The Morgan fingerprint density at radius 1 is 1.33 bits per heavy atom. The van der Waals surface area contributed by atoms with Gasteiger partial charge in [0.25, 0.3) is 0 Å². The van der Waals surface area contributed by atoms with Crippen molar-refractivity contribution in [3.8, 4) is 5.75 Å². The van der Waals surface area contributed by atoms with Crippen LogP contribution in [0.1, 0.15) is 44.7 Å². The first-order chi connectivity index (χ1) is 12.6. The van der Waals surface area contributed by atoms with Crippen LogP contribution in [0.5, 0.6) is 5.75 Å². The first-order valence-corrected chi connectivity index (χ1v) is 9.52. The monoisotopic (exact) mass is 489 g/mol. The largest absolute Gasteiger partial charge is 0.487 e. The fourth-order valence-electron chi connectivity index (χ4n) is 3.52. The number of halogens is 1. The summed E-state index contributed by atoms with van der Waals surface area (Å²) < 4.78 is 17.4. The lowest BCUT2D eigenvalue weighted by atomic mass is 9.90. The van der Waals surface area contributed by atoms with E-state index in [1.165, 1.54) is 5.56 Å². The van der Waals surface area contributed by atoms with Gasteiger partial charge in [0.2, 0.25) is 0 Å². The van der Waals surface area contributed by atoms with Crippen LogP contribution in [0.2, 0.25) is 0 Å². The van der Waals surface area contributed by atoms with Crippen LogP contribution in [0, 0.1) is 0 Å². The third-order valence-electron chi connectivity index (χ3n) is 4.78. The fraction of sp³-hybridized carbons (Fsp3) is 0.650. The molecular formula is C20H32IN3O3. The predicted octanol–water partition coefficient (Wildman–Crippen LogP) is 3.27. The van der Waals surface area contributed by atoms with Crippen LogP contribution >= 0.6 is 24.0 Å². The number of nitrogens with zero attached hydrogens (tertiary/aromatic N) is 1. The number of rotatable bonds is 6. The average Bonchev–Trinajstić information content (AvgIpc) is 3.12. The number of nitrogens with one attached hydrogen (secondary N) is 2. The zero-order valence-electron chi connectivity index (χ0n) is 16.5. The number of aliphatic imine (C=N–C) groups is 1. The van der Waals surface area contributed by atoms with Gasteiger partial charge in [-0.3, -0.25) is 4.99 Å². The van der Waals surface area contributed by atoms with Gasteiger partial charge in [-0.05, 0) is 32.8 Å². The molecule has 0 aliphatic carbocycles. The molecule has 1 aromatic carbocycles. The van der Waals surface area contributed by atoms with E-state index in [0.717, 1.165) is 37.6 Å². The summed E-state index contributed by atoms with van der Waals surface area (Å²) >= 11 is 0. The molecule has 0 spiro atoms. The van der Waals surface area contributed by atoms with Crippen molar-refractivity contribution in [3.05, 3.63) is 29.8 Å². The van der Waals surface area contributed by atoms with E-state index < -0.39 is 0 Å². The topological polar surface area (TPSA) is 64.1 Å². The van der Waals surface area contributed by atoms with E-state index in [-0.39, 0.29) is 41.7 Å². The lowest BCUT2D eigenvalue weighted by Crippen LogP contribution is -2.46. The Labute approximate surface area is 179 Å². The third-order valence-corrected chi connectivity index (χ3v) is 4.78. The van der Waals surface area contributed by atoms with Crippen molar-refractivity contribution in [3.63, 3.8) is 0 Å². The molecule has 1 fully saturated rings. The van der Waals surface area contributed by atoms with Crippen LogP contribution in [0.4, 0.5) is 0 Å². The average molecular weight is 489 g/mol. The Morgan fingerprint density at radius 3 is 2.89 bits per heavy atom. The highest BCUT2D eigenvalue weighted by Crippen LogP contribution is 2.39. The zero-order chi connectivity index (χ0) is 18.4. The molecule has 152 valence electrons. The first kappa shape index (κ1) is 22.2. The van der Waals surface area contributed by atoms with Gasteiger partial charge in [-0.25, -0.2) is 0 Å². The number of hydrogen-bond donors (Lipinski definition) is 2. The van der Waals surface area contributed by atoms with E-state index in [1.54, 1.807) is 7.05 Å². The molecule has 1 aromatic rings. The van der Waals surface area contributed by atoms with Crippen molar-refractivity contribution in [2.24, 2.45) is 4.99 Å². The summed E-state index contributed by atoms with van der Waals surface area (Å²) in [4.78, 5) is 4.35. The van der Waals surface area contributed by atoms with E-state index in [1.807, 2.05) is 18.2 Å². The lowest BCUT2D eigenvalue weighted by molar-refractivity contribution is 0.0190. The Hall–Kier alpha value is -1.06. The second-order valence-electron chi connectivity index (χ2n) is 7.51. The van der Waals surface area contributed by atoms with E-state index in [2.05, 4.69) is 35.5 Å². The summed E-state index contributed by atoms with van der Waals surface area (Å²) in [6, 6.07) is 8.36. The number of guanidine groups is 1. The van der Waals surface area contributed by atoms with Crippen LogP contribution < -0.4 is 15.4 Å². The number of para-hydroxylation sites is 1. The third kappa shape index (κ3) is 6.50. The molecule has 2 atom stereocenters. The maximum atomic E-state index is 6.09. The molecule has 0 aromatic heterocycles. The molecular weight excluding hydrogens is 457 g/mol. The Bertz CT molecular complexity index is 618. The van der Waals surface area contributed by atoms with Gasteiger partial charge in [-0.1, -0.05) is 18.2 Å². The second-order valence-corrected chi connectivity index (χ2v) is 7.51. The quantitative estimate of drug-likeness (QED) is 0.278. The minimum atomic E-state index is -0.213. The Balaban J connectivity index is 0.00000261. The smallest absolute Gasteiger partial charge is 0.191 e. The molecule has 6 nitrogen and oxygen atoms in total. The SMILES string of the molecule is CN=C(NCCOCC1CCCO1)NC1CC(C)(C)Oc2ccccc21.I.